The van der Waals surface area contributed by atoms with Gasteiger partial charge in [-0.05, 0) is 32.0 Å². The Balaban J connectivity index is 0.00000220. The fraction of sp³-hybridized carbons (Fsp3) is 0.500. The molecule has 1 fully saturated rings. The molecule has 0 aromatic heterocycles. The van der Waals surface area contributed by atoms with E-state index in [9.17, 15) is 4.79 Å². The van der Waals surface area contributed by atoms with E-state index in [0.29, 0.717) is 22.2 Å². The number of rotatable bonds is 4. The molecular formula is C14H20Cl2N2O3. The molecule has 21 heavy (non-hydrogen) atoms. The van der Waals surface area contributed by atoms with Gasteiger partial charge in [-0.1, -0.05) is 11.6 Å². The number of carbonyl (C=O) groups excluding carboxylic acids is 1. The lowest BCUT2D eigenvalue weighted by Crippen LogP contribution is -2.34. The average Bonchev–Trinajstić information content (AvgIpc) is 2.48. The van der Waals surface area contributed by atoms with Gasteiger partial charge < -0.3 is 20.1 Å². The van der Waals surface area contributed by atoms with Crippen molar-refractivity contribution in [2.24, 2.45) is 5.92 Å². The number of methoxy groups -OCH3 is 2. The Morgan fingerprint density at radius 1 is 1.24 bits per heavy atom. The minimum absolute atomic E-state index is 0. The average molecular weight is 335 g/mol. The summed E-state index contributed by atoms with van der Waals surface area (Å²) in [6.07, 6.45) is 1.69. The smallest absolute Gasteiger partial charge is 0.227 e. The highest BCUT2D eigenvalue weighted by molar-refractivity contribution is 6.32. The summed E-state index contributed by atoms with van der Waals surface area (Å²) in [4.78, 5) is 12.2. The van der Waals surface area contributed by atoms with Crippen LogP contribution in [-0.4, -0.2) is 33.2 Å². The monoisotopic (exact) mass is 334 g/mol. The van der Waals surface area contributed by atoms with Crippen molar-refractivity contribution >= 4 is 35.6 Å². The molecule has 1 amide bonds. The molecular weight excluding hydrogens is 315 g/mol. The van der Waals surface area contributed by atoms with E-state index < -0.39 is 0 Å². The van der Waals surface area contributed by atoms with Crippen molar-refractivity contribution < 1.29 is 14.3 Å². The predicted octanol–water partition coefficient (Wildman–Crippen LogP) is 2.72. The number of piperidine rings is 1. The number of ether oxygens (including phenoxy) is 2. The summed E-state index contributed by atoms with van der Waals surface area (Å²) < 4.78 is 10.4. The standard InChI is InChI=1S/C14H19ClN2O3.ClH/c1-19-12-8-13(20-2)11(7-10(12)15)17-14(18)9-3-5-16-6-4-9;/h7-9,16H,3-6H2,1-2H3,(H,17,18);1H. The highest BCUT2D eigenvalue weighted by Gasteiger charge is 2.22. The molecule has 2 N–H and O–H groups in total. The quantitative estimate of drug-likeness (QED) is 0.888. The maximum absolute atomic E-state index is 12.2. The Labute approximate surface area is 135 Å². The SMILES string of the molecule is COc1cc(OC)c(NC(=O)C2CCNCC2)cc1Cl.Cl. The van der Waals surface area contributed by atoms with Crippen LogP contribution in [0.3, 0.4) is 0 Å². The van der Waals surface area contributed by atoms with E-state index in [-0.39, 0.29) is 24.2 Å². The van der Waals surface area contributed by atoms with Gasteiger partial charge in [-0.3, -0.25) is 4.79 Å². The van der Waals surface area contributed by atoms with Gasteiger partial charge in [0.05, 0.1) is 24.9 Å². The van der Waals surface area contributed by atoms with Crippen molar-refractivity contribution in [1.29, 1.82) is 0 Å². The molecule has 1 aliphatic rings. The molecule has 1 aliphatic heterocycles. The topological polar surface area (TPSA) is 59.6 Å². The number of anilines is 1. The predicted molar refractivity (Wildman–Crippen MR) is 86.0 cm³/mol. The highest BCUT2D eigenvalue weighted by Crippen LogP contribution is 2.36. The minimum atomic E-state index is 0. The number of carbonyl (C=O) groups is 1. The lowest BCUT2D eigenvalue weighted by molar-refractivity contribution is -0.120. The largest absolute Gasteiger partial charge is 0.495 e. The first-order chi connectivity index (χ1) is 9.65. The van der Waals surface area contributed by atoms with E-state index in [0.717, 1.165) is 25.9 Å². The molecule has 0 atom stereocenters. The summed E-state index contributed by atoms with van der Waals surface area (Å²) in [5.74, 6) is 1.09. The van der Waals surface area contributed by atoms with Crippen LogP contribution in [0.2, 0.25) is 5.02 Å². The van der Waals surface area contributed by atoms with Crippen molar-refractivity contribution in [2.75, 3.05) is 32.6 Å². The van der Waals surface area contributed by atoms with E-state index in [4.69, 9.17) is 21.1 Å². The zero-order valence-corrected chi connectivity index (χ0v) is 13.6. The van der Waals surface area contributed by atoms with Crippen LogP contribution in [0.25, 0.3) is 0 Å². The highest BCUT2D eigenvalue weighted by atomic mass is 35.5. The summed E-state index contributed by atoms with van der Waals surface area (Å²) in [5, 5.41) is 6.57. The van der Waals surface area contributed by atoms with Gasteiger partial charge in [0.1, 0.15) is 11.5 Å². The van der Waals surface area contributed by atoms with Crippen LogP contribution in [0.5, 0.6) is 11.5 Å². The Bertz CT molecular complexity index is 491. The second-order valence-corrected chi connectivity index (χ2v) is 5.11. The van der Waals surface area contributed by atoms with Gasteiger partial charge in [0.2, 0.25) is 5.91 Å². The normalized spacial score (nSPS) is 15.0. The van der Waals surface area contributed by atoms with Crippen LogP contribution < -0.4 is 20.1 Å². The zero-order chi connectivity index (χ0) is 14.5. The van der Waals surface area contributed by atoms with Crippen LogP contribution in [-0.2, 0) is 4.79 Å². The summed E-state index contributed by atoms with van der Waals surface area (Å²) in [6.45, 7) is 1.75. The van der Waals surface area contributed by atoms with Gasteiger partial charge >= 0.3 is 0 Å². The first-order valence-electron chi connectivity index (χ1n) is 6.58. The number of benzene rings is 1. The number of halogens is 2. The molecule has 7 heteroatoms. The molecule has 1 aromatic carbocycles. The van der Waals surface area contributed by atoms with Gasteiger partial charge in [-0.25, -0.2) is 0 Å². The number of hydrogen-bond acceptors (Lipinski definition) is 4. The van der Waals surface area contributed by atoms with Crippen molar-refractivity contribution in [3.05, 3.63) is 17.2 Å². The van der Waals surface area contributed by atoms with E-state index in [1.54, 1.807) is 19.2 Å². The maximum atomic E-state index is 12.2. The third kappa shape index (κ3) is 4.40. The first kappa shape index (κ1) is 17.9. The van der Waals surface area contributed by atoms with E-state index >= 15 is 0 Å². The zero-order valence-electron chi connectivity index (χ0n) is 12.1. The molecule has 2 rings (SSSR count). The Kier molecular flexibility index (Phi) is 7.08. The lowest BCUT2D eigenvalue weighted by Gasteiger charge is -2.22. The van der Waals surface area contributed by atoms with Crippen molar-refractivity contribution in [3.8, 4) is 11.5 Å². The van der Waals surface area contributed by atoms with Gasteiger partial charge in [0.15, 0.2) is 0 Å². The summed E-state index contributed by atoms with van der Waals surface area (Å²) in [6, 6.07) is 3.32. The van der Waals surface area contributed by atoms with Gasteiger partial charge in [-0.2, -0.15) is 0 Å². The number of amides is 1. The number of hydrogen-bond donors (Lipinski definition) is 2. The van der Waals surface area contributed by atoms with Crippen molar-refractivity contribution in [2.45, 2.75) is 12.8 Å². The number of nitrogens with one attached hydrogen (secondary N) is 2. The molecule has 0 unspecified atom stereocenters. The lowest BCUT2D eigenvalue weighted by atomic mass is 9.97. The van der Waals surface area contributed by atoms with Gasteiger partial charge in [0, 0.05) is 12.0 Å². The molecule has 0 aliphatic carbocycles. The van der Waals surface area contributed by atoms with Crippen molar-refractivity contribution in [1.82, 2.24) is 5.32 Å². The molecule has 1 aromatic rings. The maximum Gasteiger partial charge on any atom is 0.227 e. The molecule has 118 valence electrons. The second-order valence-electron chi connectivity index (χ2n) is 4.70. The summed E-state index contributed by atoms with van der Waals surface area (Å²) >= 11 is 6.09. The fourth-order valence-electron chi connectivity index (χ4n) is 2.28. The minimum Gasteiger partial charge on any atom is -0.495 e. The van der Waals surface area contributed by atoms with Crippen LogP contribution in [0, 0.1) is 5.92 Å². The Hall–Kier alpha value is -1.17. The fourth-order valence-corrected chi connectivity index (χ4v) is 2.52. The van der Waals surface area contributed by atoms with Gasteiger partial charge in [0.25, 0.3) is 0 Å². The molecule has 5 nitrogen and oxygen atoms in total. The summed E-state index contributed by atoms with van der Waals surface area (Å²) in [7, 11) is 3.08. The molecule has 1 heterocycles. The second kappa shape index (κ2) is 8.32. The van der Waals surface area contributed by atoms with Crippen LogP contribution in [0.1, 0.15) is 12.8 Å². The summed E-state index contributed by atoms with van der Waals surface area (Å²) in [5.41, 5.74) is 0.571. The third-order valence-electron chi connectivity index (χ3n) is 3.44. The first-order valence-corrected chi connectivity index (χ1v) is 6.96. The van der Waals surface area contributed by atoms with Gasteiger partial charge in [-0.15, -0.1) is 12.4 Å². The molecule has 0 saturated carbocycles. The van der Waals surface area contributed by atoms with Crippen molar-refractivity contribution in [3.63, 3.8) is 0 Å². The molecule has 0 radical (unpaired) electrons. The van der Waals surface area contributed by atoms with E-state index in [2.05, 4.69) is 10.6 Å². The van der Waals surface area contributed by atoms with Crippen LogP contribution in [0.15, 0.2) is 12.1 Å². The van der Waals surface area contributed by atoms with Crippen LogP contribution >= 0.6 is 24.0 Å². The van der Waals surface area contributed by atoms with E-state index in [1.165, 1.54) is 7.11 Å². The Morgan fingerprint density at radius 2 is 1.86 bits per heavy atom. The third-order valence-corrected chi connectivity index (χ3v) is 3.74. The molecule has 0 bridgehead atoms. The molecule has 1 saturated heterocycles. The molecule has 0 spiro atoms. The van der Waals surface area contributed by atoms with E-state index in [1.807, 2.05) is 0 Å². The van der Waals surface area contributed by atoms with Crippen LogP contribution in [0.4, 0.5) is 5.69 Å². The Morgan fingerprint density at radius 3 is 2.43 bits per heavy atom.